The van der Waals surface area contributed by atoms with Gasteiger partial charge in [0.15, 0.2) is 0 Å². The topological polar surface area (TPSA) is 108 Å². The number of carbonyl (C=O) groups excluding carboxylic acids is 1. The number of phosphoric acid groups is 1. The molecule has 456 valence electrons. The molecule has 0 aromatic carbocycles. The number of hydrogen-bond acceptors (Lipinski definition) is 6. The average molecular weight is 1110 g/mol. The lowest BCUT2D eigenvalue weighted by Crippen LogP contribution is -2.45. The van der Waals surface area contributed by atoms with Crippen molar-refractivity contribution in [1.29, 1.82) is 0 Å². The highest BCUT2D eigenvalue weighted by atomic mass is 31.2. The average Bonchev–Trinajstić information content (AvgIpc) is 3.39. The summed E-state index contributed by atoms with van der Waals surface area (Å²) in [5.41, 5.74) is 0. The Morgan fingerprint density at radius 1 is 0.442 bits per heavy atom. The van der Waals surface area contributed by atoms with Crippen LogP contribution in [0.2, 0.25) is 0 Å². The summed E-state index contributed by atoms with van der Waals surface area (Å²) in [4.78, 5) is 25.6. The van der Waals surface area contributed by atoms with Crippen LogP contribution in [-0.2, 0) is 18.4 Å². The third-order valence-electron chi connectivity index (χ3n) is 15.6. The van der Waals surface area contributed by atoms with Crippen LogP contribution in [0.15, 0.2) is 36.5 Å². The first-order valence-electron chi connectivity index (χ1n) is 33.9. The van der Waals surface area contributed by atoms with E-state index in [-0.39, 0.29) is 19.1 Å². The van der Waals surface area contributed by atoms with Gasteiger partial charge in [-0.2, -0.15) is 0 Å². The quantitative estimate of drug-likeness (QED) is 0.0272. The molecule has 77 heavy (non-hydrogen) atoms. The molecule has 2 N–H and O–H groups in total. The Labute approximate surface area is 480 Å². The minimum absolute atomic E-state index is 0.00480. The smallest absolute Gasteiger partial charge is 0.268 e. The normalized spacial score (nSPS) is 13.9. The standard InChI is InChI=1S/C68H133N2O6P/c1-6-8-10-12-14-16-18-20-22-24-26-28-30-31-32-33-34-35-36-37-38-40-42-44-46-48-50-52-54-56-58-60-62-68(72)69-66(65-76-77(73,74)75-64-63-70(3,4)5)67(71)61-59-57-55-53-51-49-47-45-43-41-39-29-27-25-23-21-19-17-15-13-11-9-7-2/h31-32,51,53,59,61,66-67,71H,6-30,33-50,52,54-58,60,62-65H2,1-5H3,(H-,69,72,73,74)/b32-31-,53-51+,61-59+. The number of allylic oxidation sites excluding steroid dienone is 5. The zero-order valence-corrected chi connectivity index (χ0v) is 53.1. The monoisotopic (exact) mass is 1100 g/mol. The summed E-state index contributed by atoms with van der Waals surface area (Å²) < 4.78 is 23.4. The molecule has 0 aliphatic heterocycles. The van der Waals surface area contributed by atoms with E-state index in [0.717, 1.165) is 38.5 Å². The Balaban J connectivity index is 4.08. The van der Waals surface area contributed by atoms with Crippen molar-refractivity contribution in [3.05, 3.63) is 36.5 Å². The molecule has 0 rings (SSSR count). The second kappa shape index (κ2) is 59.3. The number of quaternary nitrogens is 1. The number of aliphatic hydroxyl groups excluding tert-OH is 1. The summed E-state index contributed by atoms with van der Waals surface area (Å²) in [5, 5.41) is 13.9. The van der Waals surface area contributed by atoms with E-state index < -0.39 is 20.0 Å². The molecule has 0 aliphatic rings. The molecule has 0 saturated carbocycles. The van der Waals surface area contributed by atoms with Gasteiger partial charge in [0.2, 0.25) is 5.91 Å². The summed E-state index contributed by atoms with van der Waals surface area (Å²) in [5.74, 6) is -0.201. The van der Waals surface area contributed by atoms with Crippen LogP contribution < -0.4 is 10.2 Å². The number of rotatable bonds is 63. The highest BCUT2D eigenvalue weighted by Crippen LogP contribution is 2.38. The Kier molecular flexibility index (Phi) is 58.4. The summed E-state index contributed by atoms with van der Waals surface area (Å²) >= 11 is 0. The van der Waals surface area contributed by atoms with Crippen molar-refractivity contribution in [2.24, 2.45) is 0 Å². The van der Waals surface area contributed by atoms with E-state index in [9.17, 15) is 19.4 Å². The van der Waals surface area contributed by atoms with Gasteiger partial charge in [-0.25, -0.2) is 0 Å². The fourth-order valence-electron chi connectivity index (χ4n) is 10.3. The molecule has 0 aliphatic carbocycles. The molecule has 1 amide bonds. The number of amides is 1. The second-order valence-corrected chi connectivity index (χ2v) is 25.9. The van der Waals surface area contributed by atoms with Crippen LogP contribution in [0, 0.1) is 0 Å². The van der Waals surface area contributed by atoms with Crippen LogP contribution in [0.1, 0.15) is 341 Å². The third-order valence-corrected chi connectivity index (χ3v) is 16.5. The largest absolute Gasteiger partial charge is 0.756 e. The first kappa shape index (κ1) is 75.7. The minimum Gasteiger partial charge on any atom is -0.756 e. The Hall–Kier alpha value is -1.28. The number of likely N-dealkylation sites (N-methyl/N-ethyl adjacent to an activating group) is 1. The van der Waals surface area contributed by atoms with Crippen LogP contribution in [0.3, 0.4) is 0 Å². The number of aliphatic hydroxyl groups is 1. The highest BCUT2D eigenvalue weighted by molar-refractivity contribution is 7.45. The zero-order valence-electron chi connectivity index (χ0n) is 52.2. The van der Waals surface area contributed by atoms with Gasteiger partial charge in [-0.15, -0.1) is 0 Å². The van der Waals surface area contributed by atoms with Gasteiger partial charge in [0.25, 0.3) is 7.82 Å². The van der Waals surface area contributed by atoms with Crippen LogP contribution in [0.4, 0.5) is 0 Å². The van der Waals surface area contributed by atoms with Gasteiger partial charge in [0, 0.05) is 6.42 Å². The van der Waals surface area contributed by atoms with Gasteiger partial charge < -0.3 is 28.8 Å². The lowest BCUT2D eigenvalue weighted by atomic mass is 10.0. The van der Waals surface area contributed by atoms with Crippen LogP contribution in [0.5, 0.6) is 0 Å². The van der Waals surface area contributed by atoms with Crippen molar-refractivity contribution in [3.8, 4) is 0 Å². The van der Waals surface area contributed by atoms with E-state index >= 15 is 0 Å². The molecule has 0 bridgehead atoms. The maximum Gasteiger partial charge on any atom is 0.268 e. The number of nitrogens with zero attached hydrogens (tertiary/aromatic N) is 1. The fraction of sp³-hybridized carbons (Fsp3) is 0.897. The lowest BCUT2D eigenvalue weighted by Gasteiger charge is -2.29. The van der Waals surface area contributed by atoms with Gasteiger partial charge in [-0.05, 0) is 57.8 Å². The number of carbonyl (C=O) groups is 1. The van der Waals surface area contributed by atoms with E-state index in [1.807, 2.05) is 27.2 Å². The molecule has 3 atom stereocenters. The van der Waals surface area contributed by atoms with Crippen molar-refractivity contribution >= 4 is 13.7 Å². The maximum absolute atomic E-state index is 13.0. The van der Waals surface area contributed by atoms with Crippen LogP contribution >= 0.6 is 7.82 Å². The second-order valence-electron chi connectivity index (χ2n) is 24.5. The van der Waals surface area contributed by atoms with Crippen LogP contribution in [0.25, 0.3) is 0 Å². The summed E-state index contributed by atoms with van der Waals surface area (Å²) in [6.45, 7) is 4.68. The van der Waals surface area contributed by atoms with E-state index in [0.29, 0.717) is 17.4 Å². The molecule has 0 heterocycles. The predicted octanol–water partition coefficient (Wildman–Crippen LogP) is 20.6. The molecule has 0 radical (unpaired) electrons. The van der Waals surface area contributed by atoms with Crippen molar-refractivity contribution in [3.63, 3.8) is 0 Å². The number of unbranched alkanes of at least 4 members (excludes halogenated alkanes) is 46. The molecule has 0 spiro atoms. The minimum atomic E-state index is -4.61. The molecule has 0 fully saturated rings. The Morgan fingerprint density at radius 2 is 0.727 bits per heavy atom. The zero-order chi connectivity index (χ0) is 56.3. The summed E-state index contributed by atoms with van der Waals surface area (Å²) in [7, 11) is 1.26. The van der Waals surface area contributed by atoms with Gasteiger partial charge in [-0.3, -0.25) is 9.36 Å². The first-order chi connectivity index (χ1) is 37.5. The predicted molar refractivity (Wildman–Crippen MR) is 335 cm³/mol. The van der Waals surface area contributed by atoms with Crippen molar-refractivity contribution < 1.29 is 32.9 Å². The molecule has 8 nitrogen and oxygen atoms in total. The van der Waals surface area contributed by atoms with Crippen molar-refractivity contribution in [1.82, 2.24) is 5.32 Å². The Morgan fingerprint density at radius 3 is 1.05 bits per heavy atom. The third kappa shape index (κ3) is 62.2. The SMILES string of the molecule is CCCCCCCCCCCCCC/C=C\CCCCCCCCCCCCCCCCCCC(=O)NC(COP(=O)([O-])OCC[N+](C)(C)C)C(O)/C=C/CC/C=C/CCCCCCCCCCCCCCCCCCC. The van der Waals surface area contributed by atoms with Gasteiger partial charge in [0.05, 0.1) is 39.9 Å². The molecule has 9 heteroatoms. The summed E-state index contributed by atoms with van der Waals surface area (Å²) in [6, 6.07) is -0.903. The molecular formula is C68H133N2O6P. The van der Waals surface area contributed by atoms with Gasteiger partial charge >= 0.3 is 0 Å². The van der Waals surface area contributed by atoms with Gasteiger partial charge in [-0.1, -0.05) is 314 Å². The van der Waals surface area contributed by atoms with E-state index in [1.54, 1.807) is 6.08 Å². The van der Waals surface area contributed by atoms with E-state index in [2.05, 4.69) is 43.5 Å². The van der Waals surface area contributed by atoms with Crippen molar-refractivity contribution in [2.45, 2.75) is 353 Å². The van der Waals surface area contributed by atoms with E-state index in [4.69, 9.17) is 9.05 Å². The number of phosphoric ester groups is 1. The lowest BCUT2D eigenvalue weighted by molar-refractivity contribution is -0.870. The highest BCUT2D eigenvalue weighted by Gasteiger charge is 2.23. The number of hydrogen-bond donors (Lipinski definition) is 2. The molecule has 0 saturated heterocycles. The molecule has 0 aromatic heterocycles. The van der Waals surface area contributed by atoms with Gasteiger partial charge in [0.1, 0.15) is 13.2 Å². The number of nitrogens with one attached hydrogen (secondary N) is 1. The summed E-state index contributed by atoms with van der Waals surface area (Å²) in [6.07, 6.45) is 78.4. The van der Waals surface area contributed by atoms with Crippen molar-refractivity contribution in [2.75, 3.05) is 40.9 Å². The maximum atomic E-state index is 13.0. The van der Waals surface area contributed by atoms with Crippen LogP contribution in [-0.4, -0.2) is 68.5 Å². The first-order valence-corrected chi connectivity index (χ1v) is 35.3. The molecule has 0 aromatic rings. The fourth-order valence-corrected chi connectivity index (χ4v) is 11.0. The molecular weight excluding hydrogens is 972 g/mol. The Bertz CT molecular complexity index is 1350. The van der Waals surface area contributed by atoms with E-state index in [1.165, 1.54) is 283 Å². The molecule has 3 unspecified atom stereocenters.